The van der Waals surface area contributed by atoms with E-state index in [4.69, 9.17) is 0 Å². The van der Waals surface area contributed by atoms with Gasteiger partial charge in [-0.25, -0.2) is 13.4 Å². The number of para-hydroxylation sites is 1. The smallest absolute Gasteiger partial charge is 0.248 e. The number of amides is 1. The van der Waals surface area contributed by atoms with Gasteiger partial charge in [-0.3, -0.25) is 4.79 Å². The van der Waals surface area contributed by atoms with Crippen LogP contribution in [0, 0.1) is 0 Å². The molecule has 0 radical (unpaired) electrons. The number of fused-ring (bicyclic) bond motifs is 1. The molecule has 1 aromatic heterocycles. The first-order valence-corrected chi connectivity index (χ1v) is 10.8. The minimum atomic E-state index is -3.51. The van der Waals surface area contributed by atoms with Crippen LogP contribution in [0.3, 0.4) is 0 Å². The molecule has 2 aromatic carbocycles. The summed E-state index contributed by atoms with van der Waals surface area (Å²) >= 11 is 0. The lowest BCUT2D eigenvalue weighted by Gasteiger charge is -2.18. The summed E-state index contributed by atoms with van der Waals surface area (Å²) in [6, 6.07) is 17.7. The Kier molecular flexibility index (Phi) is 6.41. The topological polar surface area (TPSA) is 79.4 Å². The fraction of sp³-hybridized carbons (Fsp3) is 0.182. The number of anilines is 1. The van der Waals surface area contributed by atoms with Crippen molar-refractivity contribution in [2.24, 2.45) is 0 Å². The van der Waals surface area contributed by atoms with E-state index in [0.717, 1.165) is 10.9 Å². The van der Waals surface area contributed by atoms with Crippen LogP contribution in [0.25, 0.3) is 17.0 Å². The van der Waals surface area contributed by atoms with Crippen LogP contribution in [0.4, 0.5) is 5.69 Å². The molecule has 0 spiro atoms. The highest BCUT2D eigenvalue weighted by Gasteiger charge is 2.21. The lowest BCUT2D eigenvalue weighted by Crippen LogP contribution is -2.30. The summed E-state index contributed by atoms with van der Waals surface area (Å²) in [5.74, 6) is -0.320. The summed E-state index contributed by atoms with van der Waals surface area (Å²) in [5, 5.41) is 3.76. The molecule has 29 heavy (non-hydrogen) atoms. The zero-order valence-electron chi connectivity index (χ0n) is 16.4. The van der Waals surface area contributed by atoms with Crippen LogP contribution in [0.1, 0.15) is 19.5 Å². The SMILES string of the molecule is CCN(CC)S(=O)(=O)c1ccc(NC(=O)/C=C/c2ccc3ccccc3n2)cc1. The molecule has 0 fully saturated rings. The van der Waals surface area contributed by atoms with Gasteiger partial charge in [0.25, 0.3) is 0 Å². The number of nitrogens with zero attached hydrogens (tertiary/aromatic N) is 2. The van der Waals surface area contributed by atoms with Gasteiger partial charge in [0.2, 0.25) is 15.9 Å². The van der Waals surface area contributed by atoms with Crippen LogP contribution < -0.4 is 5.32 Å². The Bertz CT molecular complexity index is 1140. The fourth-order valence-corrected chi connectivity index (χ4v) is 4.40. The summed E-state index contributed by atoms with van der Waals surface area (Å²) in [4.78, 5) is 16.9. The maximum atomic E-state index is 12.5. The number of carbonyl (C=O) groups is 1. The largest absolute Gasteiger partial charge is 0.323 e. The van der Waals surface area contributed by atoms with Crippen LogP contribution in [-0.4, -0.2) is 36.7 Å². The fourth-order valence-electron chi connectivity index (χ4n) is 2.94. The molecule has 7 heteroatoms. The van der Waals surface area contributed by atoms with E-state index in [0.29, 0.717) is 24.5 Å². The van der Waals surface area contributed by atoms with Crippen molar-refractivity contribution in [1.82, 2.24) is 9.29 Å². The first kappa shape index (κ1) is 20.7. The van der Waals surface area contributed by atoms with E-state index in [-0.39, 0.29) is 10.8 Å². The molecule has 0 unspecified atom stereocenters. The molecule has 3 aromatic rings. The van der Waals surface area contributed by atoms with Gasteiger partial charge in [0.1, 0.15) is 0 Å². The molecule has 0 bridgehead atoms. The van der Waals surface area contributed by atoms with Crippen molar-refractivity contribution in [2.75, 3.05) is 18.4 Å². The average molecular weight is 410 g/mol. The second-order valence-corrected chi connectivity index (χ2v) is 8.30. The third kappa shape index (κ3) is 4.88. The van der Waals surface area contributed by atoms with E-state index in [2.05, 4.69) is 10.3 Å². The standard InChI is InChI=1S/C22H23N3O3S/c1-3-25(4-2)29(27,28)20-14-11-19(12-15-20)24-22(26)16-13-18-10-9-17-7-5-6-8-21(17)23-18/h5-16H,3-4H2,1-2H3,(H,24,26)/b16-13+. The molecule has 0 aliphatic heterocycles. The minimum Gasteiger partial charge on any atom is -0.323 e. The number of benzene rings is 2. The first-order valence-electron chi connectivity index (χ1n) is 9.39. The van der Waals surface area contributed by atoms with Gasteiger partial charge in [-0.05, 0) is 42.5 Å². The molecule has 0 aliphatic carbocycles. The van der Waals surface area contributed by atoms with E-state index >= 15 is 0 Å². The van der Waals surface area contributed by atoms with Crippen molar-refractivity contribution in [3.8, 4) is 0 Å². The zero-order valence-corrected chi connectivity index (χ0v) is 17.2. The van der Waals surface area contributed by atoms with E-state index in [1.807, 2.05) is 36.4 Å². The maximum absolute atomic E-state index is 12.5. The first-order chi connectivity index (χ1) is 13.9. The van der Waals surface area contributed by atoms with Crippen LogP contribution in [-0.2, 0) is 14.8 Å². The van der Waals surface area contributed by atoms with Crippen LogP contribution in [0.2, 0.25) is 0 Å². The molecule has 1 heterocycles. The second-order valence-electron chi connectivity index (χ2n) is 6.37. The number of carbonyl (C=O) groups excluding carboxylic acids is 1. The molecular weight excluding hydrogens is 386 g/mol. The molecule has 1 N–H and O–H groups in total. The van der Waals surface area contributed by atoms with Gasteiger partial charge in [-0.15, -0.1) is 0 Å². The van der Waals surface area contributed by atoms with Gasteiger partial charge in [0, 0.05) is 30.2 Å². The highest BCUT2D eigenvalue weighted by atomic mass is 32.2. The van der Waals surface area contributed by atoms with Gasteiger partial charge in [-0.1, -0.05) is 38.1 Å². The molecule has 0 saturated heterocycles. The Labute approximate surface area is 170 Å². The normalized spacial score (nSPS) is 12.0. The highest BCUT2D eigenvalue weighted by molar-refractivity contribution is 7.89. The summed E-state index contributed by atoms with van der Waals surface area (Å²) in [5.41, 5.74) is 2.06. The van der Waals surface area contributed by atoms with Gasteiger partial charge in [-0.2, -0.15) is 4.31 Å². The van der Waals surface area contributed by atoms with Gasteiger partial charge < -0.3 is 5.32 Å². The Hall–Kier alpha value is -3.03. The molecule has 0 aliphatic rings. The number of hydrogen-bond acceptors (Lipinski definition) is 4. The summed E-state index contributed by atoms with van der Waals surface area (Å²) < 4.78 is 26.4. The Morgan fingerprint density at radius 2 is 1.69 bits per heavy atom. The number of hydrogen-bond donors (Lipinski definition) is 1. The average Bonchev–Trinajstić information content (AvgIpc) is 2.73. The van der Waals surface area contributed by atoms with Crippen molar-refractivity contribution in [1.29, 1.82) is 0 Å². The van der Waals surface area contributed by atoms with E-state index in [9.17, 15) is 13.2 Å². The molecule has 0 atom stereocenters. The Morgan fingerprint density at radius 1 is 1.00 bits per heavy atom. The quantitative estimate of drug-likeness (QED) is 0.600. The van der Waals surface area contributed by atoms with Crippen LogP contribution in [0.5, 0.6) is 0 Å². The number of aromatic nitrogens is 1. The van der Waals surface area contributed by atoms with E-state index < -0.39 is 10.0 Å². The minimum absolute atomic E-state index is 0.204. The third-order valence-electron chi connectivity index (χ3n) is 4.49. The van der Waals surface area contributed by atoms with Crippen LogP contribution >= 0.6 is 0 Å². The second kappa shape index (κ2) is 8.98. The predicted molar refractivity (Wildman–Crippen MR) is 116 cm³/mol. The highest BCUT2D eigenvalue weighted by Crippen LogP contribution is 2.18. The van der Waals surface area contributed by atoms with Gasteiger partial charge in [0.15, 0.2) is 0 Å². The molecule has 150 valence electrons. The number of sulfonamides is 1. The van der Waals surface area contributed by atoms with E-state index in [1.54, 1.807) is 32.1 Å². The van der Waals surface area contributed by atoms with Crippen LogP contribution in [0.15, 0.2) is 71.6 Å². The predicted octanol–water partition coefficient (Wildman–Crippen LogP) is 3.92. The van der Waals surface area contributed by atoms with Crippen molar-refractivity contribution in [3.63, 3.8) is 0 Å². The molecular formula is C22H23N3O3S. The summed E-state index contributed by atoms with van der Waals surface area (Å²) in [6.07, 6.45) is 3.04. The molecule has 0 saturated carbocycles. The van der Waals surface area contributed by atoms with E-state index in [1.165, 1.54) is 22.5 Å². The Balaban J connectivity index is 1.68. The van der Waals surface area contributed by atoms with Crippen molar-refractivity contribution in [3.05, 3.63) is 72.4 Å². The maximum Gasteiger partial charge on any atom is 0.248 e. The molecule has 1 amide bonds. The molecule has 6 nitrogen and oxygen atoms in total. The Morgan fingerprint density at radius 3 is 2.38 bits per heavy atom. The lowest BCUT2D eigenvalue weighted by molar-refractivity contribution is -0.111. The van der Waals surface area contributed by atoms with Crippen molar-refractivity contribution < 1.29 is 13.2 Å². The molecule has 3 rings (SSSR count). The van der Waals surface area contributed by atoms with Crippen molar-refractivity contribution in [2.45, 2.75) is 18.7 Å². The lowest BCUT2D eigenvalue weighted by atomic mass is 10.2. The number of pyridine rings is 1. The van der Waals surface area contributed by atoms with Gasteiger partial charge in [0.05, 0.1) is 16.1 Å². The number of nitrogens with one attached hydrogen (secondary N) is 1. The number of rotatable bonds is 7. The van der Waals surface area contributed by atoms with Crippen molar-refractivity contribution >= 4 is 38.6 Å². The zero-order chi connectivity index (χ0) is 20.9. The summed E-state index contributed by atoms with van der Waals surface area (Å²) in [6.45, 7) is 4.41. The van der Waals surface area contributed by atoms with Gasteiger partial charge >= 0.3 is 0 Å². The monoisotopic (exact) mass is 409 g/mol. The summed E-state index contributed by atoms with van der Waals surface area (Å²) in [7, 11) is -3.51. The third-order valence-corrected chi connectivity index (χ3v) is 6.55.